The fraction of sp³-hybridized carbons (Fsp3) is 0.174. The van der Waals surface area contributed by atoms with Gasteiger partial charge in [0.05, 0.1) is 6.04 Å². The SMILES string of the molecule is O=C1C[C@H]2Cc3cc(F)ccc3[C@H]2N1P(=O)(c1ccccc1)c1ccccc1. The van der Waals surface area contributed by atoms with Gasteiger partial charge in [0, 0.05) is 17.0 Å². The first-order chi connectivity index (χ1) is 13.6. The molecule has 1 aliphatic carbocycles. The number of hydrogen-bond acceptors (Lipinski definition) is 2. The van der Waals surface area contributed by atoms with E-state index in [1.807, 2.05) is 60.7 Å². The molecule has 5 rings (SSSR count). The molecule has 0 N–H and O–H groups in total. The smallest absolute Gasteiger partial charge is 0.232 e. The number of amides is 1. The predicted molar refractivity (Wildman–Crippen MR) is 108 cm³/mol. The van der Waals surface area contributed by atoms with E-state index >= 15 is 0 Å². The Balaban J connectivity index is 1.72. The normalized spacial score (nSPS) is 20.9. The average molecular weight is 391 g/mol. The highest BCUT2D eigenvalue weighted by atomic mass is 31.2. The molecule has 0 unspecified atom stereocenters. The fourth-order valence-electron chi connectivity index (χ4n) is 4.67. The number of halogens is 1. The molecule has 3 aromatic carbocycles. The second-order valence-corrected chi connectivity index (χ2v) is 10.1. The summed E-state index contributed by atoms with van der Waals surface area (Å²) in [5, 5.41) is 1.29. The van der Waals surface area contributed by atoms with Crippen LogP contribution in [0.3, 0.4) is 0 Å². The summed E-state index contributed by atoms with van der Waals surface area (Å²) < 4.78 is 30.0. The van der Waals surface area contributed by atoms with Gasteiger partial charge in [-0.25, -0.2) is 4.39 Å². The molecular formula is C23H19FNO2P. The Morgan fingerprint density at radius 3 is 2.07 bits per heavy atom. The minimum absolute atomic E-state index is 0.0325. The Hall–Kier alpha value is -2.71. The first kappa shape index (κ1) is 17.4. The lowest BCUT2D eigenvalue weighted by atomic mass is 10.0. The lowest BCUT2D eigenvalue weighted by Gasteiger charge is -2.34. The topological polar surface area (TPSA) is 37.4 Å². The van der Waals surface area contributed by atoms with Crippen LogP contribution in [0.25, 0.3) is 0 Å². The summed E-state index contributed by atoms with van der Waals surface area (Å²) in [4.78, 5) is 13.1. The average Bonchev–Trinajstić information content (AvgIpc) is 3.22. The highest BCUT2D eigenvalue weighted by Crippen LogP contribution is 2.60. The van der Waals surface area contributed by atoms with E-state index in [0.717, 1.165) is 11.1 Å². The molecule has 3 nitrogen and oxygen atoms in total. The molecular weight excluding hydrogens is 372 g/mol. The molecule has 3 aromatic rings. The van der Waals surface area contributed by atoms with Crippen molar-refractivity contribution in [2.45, 2.75) is 18.9 Å². The number of rotatable bonds is 3. The highest BCUT2D eigenvalue weighted by molar-refractivity contribution is 7.77. The van der Waals surface area contributed by atoms with Gasteiger partial charge in [-0.1, -0.05) is 42.5 Å². The lowest BCUT2D eigenvalue weighted by Crippen LogP contribution is -2.35. The summed E-state index contributed by atoms with van der Waals surface area (Å²) in [5.41, 5.74) is 1.84. The van der Waals surface area contributed by atoms with Crippen molar-refractivity contribution in [2.24, 2.45) is 5.92 Å². The second kappa shape index (κ2) is 6.42. The van der Waals surface area contributed by atoms with Crippen LogP contribution in [0.5, 0.6) is 0 Å². The molecule has 1 aliphatic heterocycles. The summed E-state index contributed by atoms with van der Waals surface area (Å²) in [6.45, 7) is 0. The third-order valence-electron chi connectivity index (χ3n) is 5.82. The van der Waals surface area contributed by atoms with Crippen LogP contribution in [0, 0.1) is 11.7 Å². The molecule has 1 saturated heterocycles. The maximum atomic E-state index is 14.7. The van der Waals surface area contributed by atoms with Gasteiger partial charge >= 0.3 is 0 Å². The van der Waals surface area contributed by atoms with Gasteiger partial charge < -0.3 is 0 Å². The predicted octanol–water partition coefficient (Wildman–Crippen LogP) is 4.20. The minimum Gasteiger partial charge on any atom is -0.290 e. The lowest BCUT2D eigenvalue weighted by molar-refractivity contribution is -0.124. The number of nitrogens with zero attached hydrogens (tertiary/aromatic N) is 1. The molecule has 1 amide bonds. The van der Waals surface area contributed by atoms with E-state index in [0.29, 0.717) is 23.5 Å². The second-order valence-electron chi connectivity index (χ2n) is 7.44. The van der Waals surface area contributed by atoms with Crippen molar-refractivity contribution in [3.05, 3.63) is 95.8 Å². The van der Waals surface area contributed by atoms with Crippen molar-refractivity contribution in [1.82, 2.24) is 4.67 Å². The quantitative estimate of drug-likeness (QED) is 0.628. The van der Waals surface area contributed by atoms with E-state index < -0.39 is 7.29 Å². The first-order valence-electron chi connectivity index (χ1n) is 9.41. The van der Waals surface area contributed by atoms with Crippen LogP contribution < -0.4 is 10.6 Å². The van der Waals surface area contributed by atoms with E-state index in [4.69, 9.17) is 0 Å². The molecule has 0 spiro atoms. The number of carbonyl (C=O) groups excluding carboxylic acids is 1. The fourth-order valence-corrected chi connectivity index (χ4v) is 7.67. The van der Waals surface area contributed by atoms with Gasteiger partial charge in [-0.2, -0.15) is 0 Å². The number of fused-ring (bicyclic) bond motifs is 3. The molecule has 0 bridgehead atoms. The molecule has 140 valence electrons. The van der Waals surface area contributed by atoms with Crippen molar-refractivity contribution in [1.29, 1.82) is 0 Å². The summed E-state index contributed by atoms with van der Waals surface area (Å²) in [6.07, 6.45) is 0.980. The monoisotopic (exact) mass is 391 g/mol. The zero-order chi connectivity index (χ0) is 19.3. The van der Waals surface area contributed by atoms with Crippen LogP contribution in [0.2, 0.25) is 0 Å². The zero-order valence-electron chi connectivity index (χ0n) is 15.2. The molecule has 0 aromatic heterocycles. The van der Waals surface area contributed by atoms with Gasteiger partial charge in [0.1, 0.15) is 5.82 Å². The highest BCUT2D eigenvalue weighted by Gasteiger charge is 2.53. The molecule has 28 heavy (non-hydrogen) atoms. The van der Waals surface area contributed by atoms with Crippen molar-refractivity contribution >= 4 is 23.8 Å². The molecule has 5 heteroatoms. The first-order valence-corrected chi connectivity index (χ1v) is 11.1. The van der Waals surface area contributed by atoms with Crippen LogP contribution in [0.15, 0.2) is 78.9 Å². The summed E-state index contributed by atoms with van der Waals surface area (Å²) >= 11 is 0. The van der Waals surface area contributed by atoms with Gasteiger partial charge in [-0.3, -0.25) is 14.0 Å². The Labute approximate surface area is 163 Å². The summed E-state index contributed by atoms with van der Waals surface area (Å²) in [6, 6.07) is 22.9. The number of hydrogen-bond donors (Lipinski definition) is 0. The molecule has 2 aliphatic rings. The third kappa shape index (κ3) is 2.48. The van der Waals surface area contributed by atoms with Crippen molar-refractivity contribution < 1.29 is 13.8 Å². The van der Waals surface area contributed by atoms with Gasteiger partial charge in [0.2, 0.25) is 13.2 Å². The summed E-state index contributed by atoms with van der Waals surface area (Å²) in [5.74, 6) is -0.336. The van der Waals surface area contributed by atoms with Gasteiger partial charge in [-0.05, 0) is 59.9 Å². The van der Waals surface area contributed by atoms with Crippen molar-refractivity contribution in [3.8, 4) is 0 Å². The molecule has 2 atom stereocenters. The summed E-state index contributed by atoms with van der Waals surface area (Å²) in [7, 11) is -3.38. The molecule has 1 heterocycles. The third-order valence-corrected chi connectivity index (χ3v) is 8.90. The van der Waals surface area contributed by atoms with E-state index in [1.165, 1.54) is 6.07 Å². The van der Waals surface area contributed by atoms with Gasteiger partial charge in [0.25, 0.3) is 0 Å². The largest absolute Gasteiger partial charge is 0.290 e. The van der Waals surface area contributed by atoms with E-state index in [2.05, 4.69) is 0 Å². The van der Waals surface area contributed by atoms with Crippen LogP contribution in [-0.2, 0) is 15.8 Å². The number of carbonyl (C=O) groups is 1. The standard InChI is InChI=1S/C23H19FNO2P/c24-18-11-12-21-16(14-18)13-17-15-22(26)25(23(17)21)28(27,19-7-3-1-4-8-19)20-9-5-2-6-10-20/h1-12,14,17,23H,13,15H2/t17-,23+/m1/s1. The maximum absolute atomic E-state index is 14.7. The van der Waals surface area contributed by atoms with Crippen LogP contribution in [-0.4, -0.2) is 10.6 Å². The van der Waals surface area contributed by atoms with Crippen LogP contribution in [0.4, 0.5) is 4.39 Å². The van der Waals surface area contributed by atoms with Crippen LogP contribution >= 0.6 is 7.29 Å². The van der Waals surface area contributed by atoms with Crippen molar-refractivity contribution in [2.75, 3.05) is 0 Å². The van der Waals surface area contributed by atoms with Crippen molar-refractivity contribution in [3.63, 3.8) is 0 Å². The maximum Gasteiger partial charge on any atom is 0.232 e. The Bertz CT molecular complexity index is 1060. The minimum atomic E-state index is -3.38. The van der Waals surface area contributed by atoms with Gasteiger partial charge in [-0.15, -0.1) is 0 Å². The van der Waals surface area contributed by atoms with Crippen LogP contribution in [0.1, 0.15) is 23.6 Å². The Kier molecular flexibility index (Phi) is 3.99. The Morgan fingerprint density at radius 1 is 0.857 bits per heavy atom. The van der Waals surface area contributed by atoms with Gasteiger partial charge in [0.15, 0.2) is 0 Å². The number of benzene rings is 3. The molecule has 1 fully saturated rings. The molecule has 0 radical (unpaired) electrons. The van der Waals surface area contributed by atoms with E-state index in [9.17, 15) is 13.8 Å². The Morgan fingerprint density at radius 2 is 1.46 bits per heavy atom. The van der Waals surface area contributed by atoms with E-state index in [1.54, 1.807) is 16.8 Å². The van der Waals surface area contributed by atoms with E-state index in [-0.39, 0.29) is 23.7 Å². The zero-order valence-corrected chi connectivity index (χ0v) is 16.1. The molecule has 0 saturated carbocycles.